The van der Waals surface area contributed by atoms with Gasteiger partial charge in [0.15, 0.2) is 0 Å². The Kier molecular flexibility index (Phi) is 6.58. The zero-order valence-corrected chi connectivity index (χ0v) is 11.8. The Hall–Kier alpha value is -2.18. The molecule has 6 heteroatoms. The first kappa shape index (κ1) is 16.9. The minimum absolute atomic E-state index is 0.133. The van der Waals surface area contributed by atoms with Crippen molar-refractivity contribution in [3.8, 4) is 0 Å². The maximum absolute atomic E-state index is 12.4. The van der Waals surface area contributed by atoms with Gasteiger partial charge in [-0.1, -0.05) is 12.1 Å². The van der Waals surface area contributed by atoms with Crippen molar-refractivity contribution in [2.45, 2.75) is 6.92 Å². The summed E-state index contributed by atoms with van der Waals surface area (Å²) < 4.78 is 0. The molecule has 0 bridgehead atoms. The number of rotatable bonds is 7. The number of carboxylic acids is 1. The number of aryl methyl sites for hydroxylation is 1. The number of aliphatic carboxylic acids is 1. The lowest BCUT2D eigenvalue weighted by atomic mass is 10.0. The third-order valence-electron chi connectivity index (χ3n) is 2.94. The average molecular weight is 293 g/mol. The minimum Gasteiger partial charge on any atom is -0.478 e. The van der Waals surface area contributed by atoms with Crippen molar-refractivity contribution in [2.24, 2.45) is 0 Å². The number of aliphatic hydroxyl groups is 2. The Morgan fingerprint density at radius 1 is 1.19 bits per heavy atom. The van der Waals surface area contributed by atoms with Crippen LogP contribution in [-0.4, -0.2) is 58.4 Å². The zero-order chi connectivity index (χ0) is 15.8. The van der Waals surface area contributed by atoms with E-state index < -0.39 is 5.97 Å². The quantitative estimate of drug-likeness (QED) is 0.637. The van der Waals surface area contributed by atoms with Crippen LogP contribution in [-0.2, 0) is 4.79 Å². The number of hydrogen-bond donors (Lipinski definition) is 3. The van der Waals surface area contributed by atoms with Crippen molar-refractivity contribution in [2.75, 3.05) is 26.3 Å². The molecule has 1 amide bonds. The van der Waals surface area contributed by atoms with Gasteiger partial charge in [-0.05, 0) is 30.2 Å². The molecule has 114 valence electrons. The molecule has 0 saturated heterocycles. The summed E-state index contributed by atoms with van der Waals surface area (Å²) >= 11 is 0. The highest BCUT2D eigenvalue weighted by Gasteiger charge is 2.17. The second-order valence-electron chi connectivity index (χ2n) is 4.49. The molecule has 0 saturated carbocycles. The van der Waals surface area contributed by atoms with Crippen molar-refractivity contribution >= 4 is 18.0 Å². The van der Waals surface area contributed by atoms with Crippen LogP contribution in [0.25, 0.3) is 6.08 Å². The highest BCUT2D eigenvalue weighted by molar-refractivity contribution is 5.96. The van der Waals surface area contributed by atoms with E-state index in [0.29, 0.717) is 11.1 Å². The summed E-state index contributed by atoms with van der Waals surface area (Å²) in [5.74, 6) is -1.37. The topological polar surface area (TPSA) is 98.1 Å². The third-order valence-corrected chi connectivity index (χ3v) is 2.94. The largest absolute Gasteiger partial charge is 0.478 e. The van der Waals surface area contributed by atoms with Gasteiger partial charge in [0.2, 0.25) is 0 Å². The number of nitrogens with zero attached hydrogens (tertiary/aromatic N) is 1. The monoisotopic (exact) mass is 293 g/mol. The standard InChI is InChI=1S/C15H19NO5/c1-11-2-3-12(4-5-14(19)20)10-13(11)15(21)16(6-8-17)7-9-18/h2-5,10,17-18H,6-9H2,1H3,(H,19,20). The Labute approximate surface area is 122 Å². The van der Waals surface area contributed by atoms with Crippen LogP contribution < -0.4 is 0 Å². The molecule has 6 nitrogen and oxygen atoms in total. The average Bonchev–Trinajstić information content (AvgIpc) is 2.45. The van der Waals surface area contributed by atoms with Crippen molar-refractivity contribution in [1.82, 2.24) is 4.90 Å². The summed E-state index contributed by atoms with van der Waals surface area (Å²) in [6.07, 6.45) is 2.40. The number of carboxylic acid groups (broad SMARTS) is 1. The molecule has 0 spiro atoms. The van der Waals surface area contributed by atoms with Gasteiger partial charge in [-0.2, -0.15) is 0 Å². The summed E-state index contributed by atoms with van der Waals surface area (Å²) in [4.78, 5) is 24.3. The van der Waals surface area contributed by atoms with Gasteiger partial charge >= 0.3 is 5.97 Å². The van der Waals surface area contributed by atoms with Crippen molar-refractivity contribution < 1.29 is 24.9 Å². The summed E-state index contributed by atoms with van der Waals surface area (Å²) in [6, 6.07) is 5.04. The van der Waals surface area contributed by atoms with E-state index in [4.69, 9.17) is 15.3 Å². The second kappa shape index (κ2) is 8.18. The van der Waals surface area contributed by atoms with E-state index >= 15 is 0 Å². The molecule has 0 aromatic heterocycles. The Morgan fingerprint density at radius 3 is 2.33 bits per heavy atom. The number of hydrogen-bond acceptors (Lipinski definition) is 4. The molecule has 1 aromatic carbocycles. The first-order valence-electron chi connectivity index (χ1n) is 6.52. The minimum atomic E-state index is -1.06. The Bertz CT molecular complexity index is 533. The molecule has 21 heavy (non-hydrogen) atoms. The van der Waals surface area contributed by atoms with Gasteiger partial charge in [-0.15, -0.1) is 0 Å². The summed E-state index contributed by atoms with van der Waals surface area (Å²) in [6.45, 7) is 1.66. The highest BCUT2D eigenvalue weighted by Crippen LogP contribution is 2.15. The normalized spacial score (nSPS) is 10.8. The predicted octanol–water partition coefficient (Wildman–Crippen LogP) is 0.520. The van der Waals surface area contributed by atoms with Crippen molar-refractivity contribution in [1.29, 1.82) is 0 Å². The van der Waals surface area contributed by atoms with Crippen molar-refractivity contribution in [3.63, 3.8) is 0 Å². The van der Waals surface area contributed by atoms with Crippen LogP contribution in [0.2, 0.25) is 0 Å². The van der Waals surface area contributed by atoms with Gasteiger partial charge in [0.1, 0.15) is 0 Å². The Morgan fingerprint density at radius 2 is 1.81 bits per heavy atom. The number of aliphatic hydroxyl groups excluding tert-OH is 2. The second-order valence-corrected chi connectivity index (χ2v) is 4.49. The Balaban J connectivity index is 3.06. The number of amides is 1. The molecule has 0 aliphatic rings. The maximum Gasteiger partial charge on any atom is 0.328 e. The van der Waals surface area contributed by atoms with E-state index in [9.17, 15) is 9.59 Å². The number of carbonyl (C=O) groups excluding carboxylic acids is 1. The summed E-state index contributed by atoms with van der Waals surface area (Å²) in [7, 11) is 0. The van der Waals surface area contributed by atoms with E-state index in [0.717, 1.165) is 11.6 Å². The molecule has 0 heterocycles. The van der Waals surface area contributed by atoms with Crippen LogP contribution in [0.1, 0.15) is 21.5 Å². The first-order chi connectivity index (χ1) is 9.99. The summed E-state index contributed by atoms with van der Waals surface area (Å²) in [5.41, 5.74) is 1.76. The molecule has 1 rings (SSSR count). The number of benzene rings is 1. The molecular formula is C15H19NO5. The fourth-order valence-electron chi connectivity index (χ4n) is 1.87. The molecule has 0 aliphatic carbocycles. The van der Waals surface area contributed by atoms with Crippen molar-refractivity contribution in [3.05, 3.63) is 41.0 Å². The van der Waals surface area contributed by atoms with E-state index in [1.165, 1.54) is 11.0 Å². The highest BCUT2D eigenvalue weighted by atomic mass is 16.4. The molecule has 3 N–H and O–H groups in total. The predicted molar refractivity (Wildman–Crippen MR) is 77.9 cm³/mol. The lowest BCUT2D eigenvalue weighted by Crippen LogP contribution is -2.36. The van der Waals surface area contributed by atoms with Crippen LogP contribution in [0.15, 0.2) is 24.3 Å². The van der Waals surface area contributed by atoms with Crippen LogP contribution in [0.4, 0.5) is 0 Å². The van der Waals surface area contributed by atoms with E-state index in [2.05, 4.69) is 0 Å². The van der Waals surface area contributed by atoms with Gasteiger partial charge < -0.3 is 20.2 Å². The van der Waals surface area contributed by atoms with Crippen LogP contribution in [0.3, 0.4) is 0 Å². The van der Waals surface area contributed by atoms with Gasteiger partial charge in [0.05, 0.1) is 13.2 Å². The van der Waals surface area contributed by atoms with Gasteiger partial charge in [0, 0.05) is 24.7 Å². The molecule has 0 fully saturated rings. The summed E-state index contributed by atoms with van der Waals surface area (Å²) in [5, 5.41) is 26.6. The molecule has 1 aromatic rings. The number of carbonyl (C=O) groups is 2. The first-order valence-corrected chi connectivity index (χ1v) is 6.52. The lowest BCUT2D eigenvalue weighted by Gasteiger charge is -2.21. The van der Waals surface area contributed by atoms with Gasteiger partial charge in [0.25, 0.3) is 5.91 Å². The molecule has 0 atom stereocenters. The van der Waals surface area contributed by atoms with E-state index in [1.54, 1.807) is 25.1 Å². The van der Waals surface area contributed by atoms with Crippen LogP contribution in [0.5, 0.6) is 0 Å². The molecule has 0 radical (unpaired) electrons. The van der Waals surface area contributed by atoms with Crippen LogP contribution in [0, 0.1) is 6.92 Å². The smallest absolute Gasteiger partial charge is 0.328 e. The SMILES string of the molecule is Cc1ccc(C=CC(=O)O)cc1C(=O)N(CCO)CCO. The molecular weight excluding hydrogens is 274 g/mol. The molecule has 0 unspecified atom stereocenters. The fraction of sp³-hybridized carbons (Fsp3) is 0.333. The zero-order valence-electron chi connectivity index (χ0n) is 11.8. The molecule has 0 aliphatic heterocycles. The van der Waals surface area contributed by atoms with Gasteiger partial charge in [-0.25, -0.2) is 4.79 Å². The van der Waals surface area contributed by atoms with Crippen LogP contribution >= 0.6 is 0 Å². The lowest BCUT2D eigenvalue weighted by molar-refractivity contribution is -0.131. The van der Waals surface area contributed by atoms with E-state index in [-0.39, 0.29) is 32.2 Å². The van der Waals surface area contributed by atoms with Gasteiger partial charge in [-0.3, -0.25) is 4.79 Å². The fourth-order valence-corrected chi connectivity index (χ4v) is 1.87. The van der Waals surface area contributed by atoms with E-state index in [1.807, 2.05) is 0 Å². The third kappa shape index (κ3) is 5.02. The maximum atomic E-state index is 12.4.